The molecule has 0 unspecified atom stereocenters. The highest BCUT2D eigenvalue weighted by Crippen LogP contribution is 2.26. The van der Waals surface area contributed by atoms with Gasteiger partial charge >= 0.3 is 5.97 Å². The number of carbonyl (C=O) groups is 3. The van der Waals surface area contributed by atoms with Gasteiger partial charge in [-0.05, 0) is 44.7 Å². The largest absolute Gasteiger partial charge is 0.481 e. The minimum Gasteiger partial charge on any atom is -0.481 e. The Morgan fingerprint density at radius 2 is 1.65 bits per heavy atom. The van der Waals surface area contributed by atoms with E-state index >= 15 is 0 Å². The van der Waals surface area contributed by atoms with Gasteiger partial charge in [0, 0.05) is 17.2 Å². The molecule has 0 saturated heterocycles. The molecule has 1 aliphatic carbocycles. The number of ketones is 1. The van der Waals surface area contributed by atoms with Crippen LogP contribution in [0.4, 0.5) is 0 Å². The van der Waals surface area contributed by atoms with Gasteiger partial charge in [-0.15, -0.1) is 0 Å². The number of hydrogen-bond acceptors (Lipinski definition) is 4. The van der Waals surface area contributed by atoms with Crippen LogP contribution in [-0.2, 0) is 4.79 Å². The van der Waals surface area contributed by atoms with Crippen molar-refractivity contribution in [2.24, 2.45) is 5.92 Å². The first kappa shape index (κ1) is 17.9. The van der Waals surface area contributed by atoms with Crippen LogP contribution in [0.1, 0.15) is 53.5 Å². The average Bonchev–Trinajstić information content (AvgIpc) is 3.12. The Morgan fingerprint density at radius 1 is 1.00 bits per heavy atom. The van der Waals surface area contributed by atoms with Gasteiger partial charge in [-0.3, -0.25) is 14.4 Å². The van der Waals surface area contributed by atoms with E-state index in [-0.39, 0.29) is 29.4 Å². The van der Waals surface area contributed by atoms with Crippen molar-refractivity contribution in [1.29, 1.82) is 0 Å². The summed E-state index contributed by atoms with van der Waals surface area (Å²) in [6.45, 7) is 1.51. The fourth-order valence-electron chi connectivity index (χ4n) is 3.23. The maximum atomic E-state index is 12.4. The van der Waals surface area contributed by atoms with Crippen molar-refractivity contribution >= 4 is 17.7 Å². The highest BCUT2D eigenvalue weighted by Gasteiger charge is 2.27. The molecule has 1 fully saturated rings. The van der Waals surface area contributed by atoms with E-state index in [0.29, 0.717) is 37.0 Å². The molecule has 3 rings (SSSR count). The molecule has 1 aliphatic rings. The molecular weight excluding hydrogens is 334 g/mol. The van der Waals surface area contributed by atoms with Gasteiger partial charge < -0.3 is 14.8 Å². The highest BCUT2D eigenvalue weighted by atomic mass is 16.4. The van der Waals surface area contributed by atoms with Crippen LogP contribution in [0.3, 0.4) is 0 Å². The molecule has 1 aromatic carbocycles. The fourth-order valence-corrected chi connectivity index (χ4v) is 3.23. The molecule has 1 aromatic heterocycles. The first-order valence-electron chi connectivity index (χ1n) is 8.69. The van der Waals surface area contributed by atoms with E-state index in [1.165, 1.54) is 6.92 Å². The maximum Gasteiger partial charge on any atom is 0.306 e. The predicted octanol–water partition coefficient (Wildman–Crippen LogP) is 3.52. The number of carboxylic acid groups (broad SMARTS) is 1. The normalized spacial score (nSPS) is 19.7. The standard InChI is InChI=1S/C20H21NO5/c1-12(22)13-2-4-14(5-3-13)17-10-11-18(26-17)19(23)21-16-8-6-15(7-9-16)20(24)25/h2-5,10-11,15-16H,6-9H2,1H3,(H,21,23)(H,24,25). The summed E-state index contributed by atoms with van der Waals surface area (Å²) in [4.78, 5) is 34.7. The van der Waals surface area contributed by atoms with Crippen LogP contribution < -0.4 is 5.32 Å². The third-order valence-electron chi connectivity index (χ3n) is 4.82. The molecule has 6 heteroatoms. The van der Waals surface area contributed by atoms with Crippen LogP contribution in [0.25, 0.3) is 11.3 Å². The zero-order chi connectivity index (χ0) is 18.7. The van der Waals surface area contributed by atoms with E-state index in [4.69, 9.17) is 9.52 Å². The number of aliphatic carboxylic acids is 1. The van der Waals surface area contributed by atoms with Gasteiger partial charge in [-0.25, -0.2) is 0 Å². The van der Waals surface area contributed by atoms with Crippen molar-refractivity contribution in [1.82, 2.24) is 5.32 Å². The molecule has 2 aromatic rings. The van der Waals surface area contributed by atoms with E-state index in [2.05, 4.69) is 5.32 Å². The quantitative estimate of drug-likeness (QED) is 0.800. The lowest BCUT2D eigenvalue weighted by molar-refractivity contribution is -0.142. The number of hydrogen-bond donors (Lipinski definition) is 2. The van der Waals surface area contributed by atoms with E-state index < -0.39 is 5.97 Å². The first-order chi connectivity index (χ1) is 12.4. The summed E-state index contributed by atoms with van der Waals surface area (Å²) < 4.78 is 5.64. The zero-order valence-corrected chi connectivity index (χ0v) is 14.5. The molecule has 0 radical (unpaired) electrons. The third-order valence-corrected chi connectivity index (χ3v) is 4.82. The molecule has 0 atom stereocenters. The number of furan rings is 1. The van der Waals surface area contributed by atoms with Crippen molar-refractivity contribution in [2.75, 3.05) is 0 Å². The lowest BCUT2D eigenvalue weighted by Crippen LogP contribution is -2.38. The van der Waals surface area contributed by atoms with Crippen LogP contribution in [0.2, 0.25) is 0 Å². The highest BCUT2D eigenvalue weighted by molar-refractivity contribution is 5.94. The van der Waals surface area contributed by atoms with Crippen LogP contribution in [0.15, 0.2) is 40.8 Å². The number of carbonyl (C=O) groups excluding carboxylic acids is 2. The number of amides is 1. The van der Waals surface area contributed by atoms with Gasteiger partial charge in [0.15, 0.2) is 11.5 Å². The molecule has 1 amide bonds. The van der Waals surface area contributed by atoms with Crippen molar-refractivity contribution in [2.45, 2.75) is 38.6 Å². The monoisotopic (exact) mass is 355 g/mol. The van der Waals surface area contributed by atoms with Gasteiger partial charge in [0.25, 0.3) is 5.91 Å². The van der Waals surface area contributed by atoms with Crippen LogP contribution >= 0.6 is 0 Å². The number of nitrogens with one attached hydrogen (secondary N) is 1. The van der Waals surface area contributed by atoms with E-state index in [1.807, 2.05) is 0 Å². The van der Waals surface area contributed by atoms with Crippen LogP contribution in [0, 0.1) is 5.92 Å². The molecule has 2 N–H and O–H groups in total. The maximum absolute atomic E-state index is 12.4. The molecule has 1 saturated carbocycles. The molecule has 0 bridgehead atoms. The van der Waals surface area contributed by atoms with Gasteiger partial charge in [0.05, 0.1) is 5.92 Å². The van der Waals surface area contributed by atoms with Gasteiger partial charge in [-0.1, -0.05) is 24.3 Å². The molecule has 0 aliphatic heterocycles. The summed E-state index contributed by atoms with van der Waals surface area (Å²) in [6, 6.07) is 10.3. The number of carboxylic acids is 1. The van der Waals surface area contributed by atoms with Crippen molar-refractivity contribution < 1.29 is 23.9 Å². The topological polar surface area (TPSA) is 96.6 Å². The minimum atomic E-state index is -0.763. The number of rotatable bonds is 5. The SMILES string of the molecule is CC(=O)c1ccc(-c2ccc(C(=O)NC3CCC(C(=O)O)CC3)o2)cc1. The van der Waals surface area contributed by atoms with Crippen molar-refractivity contribution in [3.8, 4) is 11.3 Å². The minimum absolute atomic E-state index is 0.00585. The van der Waals surface area contributed by atoms with E-state index in [0.717, 1.165) is 5.56 Å². The molecule has 6 nitrogen and oxygen atoms in total. The van der Waals surface area contributed by atoms with Crippen LogP contribution in [0.5, 0.6) is 0 Å². The Morgan fingerprint density at radius 3 is 2.23 bits per heavy atom. The second kappa shape index (κ2) is 7.56. The average molecular weight is 355 g/mol. The summed E-state index contributed by atoms with van der Waals surface area (Å²) in [6.07, 6.45) is 2.46. The van der Waals surface area contributed by atoms with Crippen molar-refractivity contribution in [3.05, 3.63) is 47.7 Å². The van der Waals surface area contributed by atoms with E-state index in [9.17, 15) is 14.4 Å². The lowest BCUT2D eigenvalue weighted by Gasteiger charge is -2.26. The first-order valence-corrected chi connectivity index (χ1v) is 8.69. The molecule has 1 heterocycles. The van der Waals surface area contributed by atoms with Gasteiger partial charge in [-0.2, -0.15) is 0 Å². The Labute approximate surface area is 151 Å². The number of benzene rings is 1. The van der Waals surface area contributed by atoms with E-state index in [1.54, 1.807) is 36.4 Å². The lowest BCUT2D eigenvalue weighted by atomic mass is 9.86. The Hall–Kier alpha value is -2.89. The number of Topliss-reactive ketones (excluding diaryl/α,β-unsaturated/α-hetero) is 1. The van der Waals surface area contributed by atoms with Gasteiger partial charge in [0.2, 0.25) is 0 Å². The molecular formula is C20H21NO5. The molecule has 0 spiro atoms. The zero-order valence-electron chi connectivity index (χ0n) is 14.5. The summed E-state index contributed by atoms with van der Waals surface area (Å²) in [5.74, 6) is -0.600. The molecule has 26 heavy (non-hydrogen) atoms. The Kier molecular flexibility index (Phi) is 5.21. The predicted molar refractivity (Wildman–Crippen MR) is 95.0 cm³/mol. The third kappa shape index (κ3) is 4.02. The summed E-state index contributed by atoms with van der Waals surface area (Å²) >= 11 is 0. The summed E-state index contributed by atoms with van der Waals surface area (Å²) in [5, 5.41) is 11.9. The Bertz CT molecular complexity index is 813. The Balaban J connectivity index is 1.61. The second-order valence-corrected chi connectivity index (χ2v) is 6.66. The second-order valence-electron chi connectivity index (χ2n) is 6.66. The summed E-state index contributed by atoms with van der Waals surface area (Å²) in [5.41, 5.74) is 1.41. The summed E-state index contributed by atoms with van der Waals surface area (Å²) in [7, 11) is 0. The van der Waals surface area contributed by atoms with Crippen LogP contribution in [-0.4, -0.2) is 28.8 Å². The van der Waals surface area contributed by atoms with Gasteiger partial charge in [0.1, 0.15) is 5.76 Å². The molecule has 136 valence electrons. The van der Waals surface area contributed by atoms with Crippen molar-refractivity contribution in [3.63, 3.8) is 0 Å². The fraction of sp³-hybridized carbons (Fsp3) is 0.350. The smallest absolute Gasteiger partial charge is 0.306 e.